The Morgan fingerprint density at radius 1 is 1.06 bits per heavy atom. The van der Waals surface area contributed by atoms with Crippen molar-refractivity contribution in [3.63, 3.8) is 0 Å². The molecule has 2 aromatic rings. The predicted molar refractivity (Wildman–Crippen MR) is 133 cm³/mol. The molecule has 2 heterocycles. The Morgan fingerprint density at radius 3 is 2.45 bits per heavy atom. The van der Waals surface area contributed by atoms with E-state index in [0.29, 0.717) is 12.5 Å². The van der Waals surface area contributed by atoms with Gasteiger partial charge < -0.3 is 9.64 Å². The molecular weight excluding hydrogens is 434 g/mol. The molecule has 1 aliphatic carbocycles. The lowest BCUT2D eigenvalue weighted by molar-refractivity contribution is -0.00213. The highest BCUT2D eigenvalue weighted by Crippen LogP contribution is 2.34. The van der Waals surface area contributed by atoms with Gasteiger partial charge in [0, 0.05) is 31.2 Å². The third kappa shape index (κ3) is 6.78. The lowest BCUT2D eigenvalue weighted by atomic mass is 9.82. The Kier molecular flexibility index (Phi) is 8.04. The molecule has 180 valence electrons. The summed E-state index contributed by atoms with van der Waals surface area (Å²) >= 11 is 0. The van der Waals surface area contributed by atoms with E-state index < -0.39 is 10.0 Å². The molecular formula is C26H37N3O3S. The van der Waals surface area contributed by atoms with Crippen LogP contribution in [0.2, 0.25) is 0 Å². The van der Waals surface area contributed by atoms with Gasteiger partial charge in [0.15, 0.2) is 0 Å². The van der Waals surface area contributed by atoms with Gasteiger partial charge in [-0.2, -0.15) is 0 Å². The van der Waals surface area contributed by atoms with Crippen molar-refractivity contribution < 1.29 is 13.2 Å². The Morgan fingerprint density at radius 2 is 1.82 bits per heavy atom. The highest BCUT2D eigenvalue weighted by atomic mass is 32.2. The number of pyridine rings is 1. The van der Waals surface area contributed by atoms with Crippen LogP contribution in [-0.2, 0) is 21.2 Å². The van der Waals surface area contributed by atoms with Crippen molar-refractivity contribution in [1.29, 1.82) is 0 Å². The normalized spacial score (nSPS) is 26.3. The number of sulfonamides is 1. The first-order valence-electron chi connectivity index (χ1n) is 12.2. The molecule has 7 heteroatoms. The molecule has 1 saturated carbocycles. The molecule has 4 rings (SSSR count). The van der Waals surface area contributed by atoms with Crippen LogP contribution < -0.4 is 9.62 Å². The summed E-state index contributed by atoms with van der Waals surface area (Å²) in [4.78, 5) is 6.90. The average molecular weight is 472 g/mol. The van der Waals surface area contributed by atoms with Crippen LogP contribution in [0.15, 0.2) is 48.7 Å². The highest BCUT2D eigenvalue weighted by Gasteiger charge is 2.33. The Hall–Kier alpha value is -1.96. The monoisotopic (exact) mass is 471 g/mol. The zero-order chi connectivity index (χ0) is 23.3. The van der Waals surface area contributed by atoms with E-state index in [1.165, 1.54) is 17.4 Å². The average Bonchev–Trinajstić information content (AvgIpc) is 2.83. The fourth-order valence-corrected chi connectivity index (χ4v) is 6.06. The number of nitrogens with zero attached hydrogens (tertiary/aromatic N) is 2. The smallest absolute Gasteiger partial charge is 0.208 e. The molecule has 2 fully saturated rings. The van der Waals surface area contributed by atoms with Crippen molar-refractivity contribution in [2.45, 2.75) is 63.5 Å². The van der Waals surface area contributed by atoms with Gasteiger partial charge in [-0.3, -0.25) is 0 Å². The van der Waals surface area contributed by atoms with Gasteiger partial charge >= 0.3 is 0 Å². The third-order valence-corrected chi connectivity index (χ3v) is 7.86. The van der Waals surface area contributed by atoms with Crippen molar-refractivity contribution in [2.75, 3.05) is 30.9 Å². The van der Waals surface area contributed by atoms with Crippen LogP contribution in [0.5, 0.6) is 0 Å². The summed E-state index contributed by atoms with van der Waals surface area (Å²) in [6, 6.07) is 14.9. The minimum Gasteiger partial charge on any atom is -0.378 e. The molecule has 2 atom stereocenters. The highest BCUT2D eigenvalue weighted by molar-refractivity contribution is 7.88. The van der Waals surface area contributed by atoms with Gasteiger partial charge in [0.1, 0.15) is 5.82 Å². The summed E-state index contributed by atoms with van der Waals surface area (Å²) in [5.41, 5.74) is 2.65. The number of aromatic nitrogens is 1. The summed E-state index contributed by atoms with van der Waals surface area (Å²) in [5.74, 6) is 1.67. The third-order valence-electron chi connectivity index (χ3n) is 7.13. The number of ether oxygens (including phenoxy) is 1. The van der Waals surface area contributed by atoms with Crippen molar-refractivity contribution in [3.8, 4) is 0 Å². The first-order chi connectivity index (χ1) is 15.9. The second-order valence-electron chi connectivity index (χ2n) is 9.59. The van der Waals surface area contributed by atoms with Gasteiger partial charge in [0.25, 0.3) is 0 Å². The van der Waals surface area contributed by atoms with Crippen LogP contribution in [0.4, 0.5) is 5.82 Å². The maximum Gasteiger partial charge on any atom is 0.208 e. The summed E-state index contributed by atoms with van der Waals surface area (Å²) in [6.45, 7) is 4.21. The minimum atomic E-state index is -3.27. The van der Waals surface area contributed by atoms with Crippen molar-refractivity contribution in [3.05, 3.63) is 59.8 Å². The Balaban J connectivity index is 1.35. The van der Waals surface area contributed by atoms with Crippen LogP contribution >= 0.6 is 0 Å². The van der Waals surface area contributed by atoms with E-state index >= 15 is 0 Å². The molecule has 1 aromatic heterocycles. The summed E-state index contributed by atoms with van der Waals surface area (Å²) in [5, 5.41) is 0. The standard InChI is InChI=1S/C26H37N3O3S/c1-3-20-9-14-26(27-17-20)29-16-15-25(28-33(2,30)31)23(18-29)19-32-24-12-10-22(11-13-24)21-7-5-4-6-8-21/h4-9,14,17,22-25,28H,3,10-13,15-16,18-19H2,1-2H3/t22-,23-,24+,25-/m0/s1. The van der Waals surface area contributed by atoms with Crippen molar-refractivity contribution in [1.82, 2.24) is 9.71 Å². The van der Waals surface area contributed by atoms with Crippen LogP contribution in [0.1, 0.15) is 56.1 Å². The molecule has 0 bridgehead atoms. The first-order valence-corrected chi connectivity index (χ1v) is 14.1. The molecule has 33 heavy (non-hydrogen) atoms. The number of hydrogen-bond donors (Lipinski definition) is 1. The fourth-order valence-electron chi connectivity index (χ4n) is 5.20. The number of nitrogens with one attached hydrogen (secondary N) is 1. The second-order valence-corrected chi connectivity index (χ2v) is 11.4. The number of benzene rings is 1. The summed E-state index contributed by atoms with van der Waals surface area (Å²) in [7, 11) is -3.27. The predicted octanol–water partition coefficient (Wildman–Crippen LogP) is 4.13. The molecule has 0 unspecified atom stereocenters. The lowest BCUT2D eigenvalue weighted by Gasteiger charge is -2.40. The molecule has 0 spiro atoms. The molecule has 1 aromatic carbocycles. The molecule has 0 amide bonds. The van der Waals surface area contributed by atoms with Crippen LogP contribution in [-0.4, -0.2) is 51.5 Å². The van der Waals surface area contributed by atoms with E-state index in [1.807, 2.05) is 6.20 Å². The number of anilines is 1. The van der Waals surface area contributed by atoms with Crippen LogP contribution in [0, 0.1) is 5.92 Å². The van der Waals surface area contributed by atoms with E-state index in [1.54, 1.807) is 0 Å². The van der Waals surface area contributed by atoms with E-state index in [4.69, 9.17) is 4.74 Å². The number of hydrogen-bond acceptors (Lipinski definition) is 5. The van der Waals surface area contributed by atoms with Gasteiger partial charge in [0.2, 0.25) is 10.0 Å². The van der Waals surface area contributed by atoms with Crippen LogP contribution in [0.3, 0.4) is 0 Å². The topological polar surface area (TPSA) is 71.5 Å². The van der Waals surface area contributed by atoms with Gasteiger partial charge in [-0.15, -0.1) is 0 Å². The van der Waals surface area contributed by atoms with E-state index in [-0.39, 0.29) is 18.1 Å². The Bertz CT molecular complexity index is 974. The molecule has 6 nitrogen and oxygen atoms in total. The lowest BCUT2D eigenvalue weighted by Crippen LogP contribution is -2.52. The largest absolute Gasteiger partial charge is 0.378 e. The quantitative estimate of drug-likeness (QED) is 0.627. The zero-order valence-electron chi connectivity index (χ0n) is 19.8. The second kappa shape index (κ2) is 11.0. The summed E-state index contributed by atoms with van der Waals surface area (Å²) in [6.07, 6.45) is 9.55. The van der Waals surface area contributed by atoms with Gasteiger partial charge in [-0.05, 0) is 61.6 Å². The van der Waals surface area contributed by atoms with E-state index in [2.05, 4.69) is 64.0 Å². The summed E-state index contributed by atoms with van der Waals surface area (Å²) < 4.78 is 33.2. The van der Waals surface area contributed by atoms with E-state index in [0.717, 1.165) is 57.4 Å². The van der Waals surface area contributed by atoms with Crippen LogP contribution in [0.25, 0.3) is 0 Å². The SMILES string of the molecule is CCc1ccc(N2CC[C@H](NS(C)(=O)=O)[C@H](CO[C@H]3CC[C@@H](c4ccccc4)CC3)C2)nc1. The maximum atomic E-state index is 12.0. The number of aryl methyl sites for hydroxylation is 1. The Labute approximate surface area is 198 Å². The molecule has 1 aliphatic heterocycles. The fraction of sp³-hybridized carbons (Fsp3) is 0.577. The minimum absolute atomic E-state index is 0.0907. The maximum absolute atomic E-state index is 12.0. The molecule has 1 N–H and O–H groups in total. The number of piperidine rings is 1. The van der Waals surface area contributed by atoms with Crippen molar-refractivity contribution >= 4 is 15.8 Å². The first kappa shape index (κ1) is 24.2. The van der Waals surface area contributed by atoms with Gasteiger partial charge in [-0.1, -0.05) is 43.3 Å². The van der Waals surface area contributed by atoms with Crippen molar-refractivity contribution in [2.24, 2.45) is 5.92 Å². The molecule has 0 radical (unpaired) electrons. The zero-order valence-corrected chi connectivity index (χ0v) is 20.6. The van der Waals surface area contributed by atoms with Gasteiger partial charge in [-0.25, -0.2) is 18.1 Å². The molecule has 2 aliphatic rings. The van der Waals surface area contributed by atoms with E-state index in [9.17, 15) is 8.42 Å². The molecule has 1 saturated heterocycles. The number of rotatable bonds is 8. The van der Waals surface area contributed by atoms with Gasteiger partial charge in [0.05, 0.1) is 19.0 Å².